The molecule has 2 aliphatic heterocycles. The molecule has 0 aliphatic carbocycles. The second-order valence-corrected chi connectivity index (χ2v) is 7.41. The molecule has 2 aliphatic rings. The fraction of sp³-hybridized carbons (Fsp3) is 0.706. The van der Waals surface area contributed by atoms with Crippen LogP contribution < -0.4 is 10.6 Å². The summed E-state index contributed by atoms with van der Waals surface area (Å²) in [6.45, 7) is 4.58. The predicted molar refractivity (Wildman–Crippen MR) is 107 cm³/mol. The van der Waals surface area contributed by atoms with Gasteiger partial charge in [0, 0.05) is 18.5 Å². The van der Waals surface area contributed by atoms with Gasteiger partial charge in [-0.1, -0.05) is 6.07 Å². The molecular weight excluding hydrogens is 381 g/mol. The molecule has 2 fully saturated rings. The van der Waals surface area contributed by atoms with Gasteiger partial charge in [-0.15, -0.1) is 36.2 Å². The van der Waals surface area contributed by atoms with Gasteiger partial charge in [0.2, 0.25) is 0 Å². The maximum absolute atomic E-state index is 12.8. The van der Waals surface area contributed by atoms with E-state index in [-0.39, 0.29) is 36.8 Å². The smallest absolute Gasteiger partial charge is 0.252 e. The number of ether oxygens (including phenoxy) is 1. The van der Waals surface area contributed by atoms with Crippen molar-refractivity contribution in [2.45, 2.75) is 37.3 Å². The normalized spacial score (nSPS) is 21.0. The van der Waals surface area contributed by atoms with Crippen molar-refractivity contribution in [3.63, 3.8) is 0 Å². The zero-order valence-electron chi connectivity index (χ0n) is 14.7. The number of carbonyl (C=O) groups is 1. The Morgan fingerprint density at radius 2 is 2.04 bits per heavy atom. The molecule has 1 aromatic rings. The molecular formula is C17H29Cl2N3O2S. The number of methoxy groups -OCH3 is 1. The number of thiophene rings is 1. The van der Waals surface area contributed by atoms with Gasteiger partial charge in [-0.05, 0) is 63.3 Å². The first-order valence-corrected chi connectivity index (χ1v) is 9.45. The van der Waals surface area contributed by atoms with Gasteiger partial charge in [-0.2, -0.15) is 0 Å². The lowest BCUT2D eigenvalue weighted by Gasteiger charge is -2.36. The van der Waals surface area contributed by atoms with Crippen molar-refractivity contribution < 1.29 is 9.53 Å². The molecule has 2 N–H and O–H groups in total. The Bertz CT molecular complexity index is 504. The van der Waals surface area contributed by atoms with Crippen LogP contribution in [0.2, 0.25) is 0 Å². The van der Waals surface area contributed by atoms with Gasteiger partial charge in [-0.25, -0.2) is 0 Å². The molecule has 1 aromatic heterocycles. The number of nitrogens with one attached hydrogen (secondary N) is 2. The first-order valence-electron chi connectivity index (χ1n) is 8.57. The van der Waals surface area contributed by atoms with E-state index in [1.807, 2.05) is 0 Å². The first-order chi connectivity index (χ1) is 11.2. The summed E-state index contributed by atoms with van der Waals surface area (Å²) in [4.78, 5) is 16.6. The van der Waals surface area contributed by atoms with E-state index in [9.17, 15) is 4.79 Å². The number of likely N-dealkylation sites (tertiary alicyclic amines) is 1. The lowest BCUT2D eigenvalue weighted by Crippen LogP contribution is -2.55. The van der Waals surface area contributed by atoms with E-state index in [1.54, 1.807) is 18.4 Å². The Hall–Kier alpha value is -0.370. The van der Waals surface area contributed by atoms with Crippen LogP contribution in [-0.4, -0.2) is 56.2 Å². The minimum atomic E-state index is -0.656. The number of amides is 1. The summed E-state index contributed by atoms with van der Waals surface area (Å²) in [6, 6.07) is 4.56. The molecule has 2 saturated heterocycles. The van der Waals surface area contributed by atoms with Crippen LogP contribution >= 0.6 is 36.2 Å². The van der Waals surface area contributed by atoms with Gasteiger partial charge in [-0.3, -0.25) is 9.69 Å². The molecule has 0 bridgehead atoms. The van der Waals surface area contributed by atoms with Crippen LogP contribution in [0.15, 0.2) is 17.5 Å². The number of hydrogen-bond donors (Lipinski definition) is 2. The Balaban J connectivity index is 0.00000156. The second kappa shape index (κ2) is 10.7. The van der Waals surface area contributed by atoms with Crippen molar-refractivity contribution >= 4 is 42.1 Å². The minimum Gasteiger partial charge on any atom is -0.368 e. The third kappa shape index (κ3) is 5.31. The van der Waals surface area contributed by atoms with Gasteiger partial charge >= 0.3 is 0 Å². The summed E-state index contributed by atoms with van der Waals surface area (Å²) in [5.74, 6) is 0.0438. The number of rotatable bonds is 6. The Kier molecular flexibility index (Phi) is 9.70. The molecule has 0 radical (unpaired) electrons. The van der Waals surface area contributed by atoms with Crippen LogP contribution in [0, 0.1) is 0 Å². The number of halogens is 2. The van der Waals surface area contributed by atoms with Crippen LogP contribution in [0.4, 0.5) is 0 Å². The fourth-order valence-electron chi connectivity index (χ4n) is 3.65. The molecule has 1 unspecified atom stereocenters. The first kappa shape index (κ1) is 22.7. The molecule has 0 aromatic carbocycles. The van der Waals surface area contributed by atoms with Crippen LogP contribution in [0.1, 0.15) is 36.6 Å². The van der Waals surface area contributed by atoms with Crippen molar-refractivity contribution in [1.82, 2.24) is 15.5 Å². The van der Waals surface area contributed by atoms with Crippen LogP contribution in [-0.2, 0) is 9.53 Å². The highest BCUT2D eigenvalue weighted by Crippen LogP contribution is 2.28. The molecule has 5 nitrogen and oxygen atoms in total. The third-order valence-electron chi connectivity index (χ3n) is 5.12. The molecule has 25 heavy (non-hydrogen) atoms. The SMILES string of the molecule is COC1(C(=O)NCC(c2cccs2)N2CCCC2)CCNCC1.Cl.Cl. The zero-order chi connectivity index (χ0) is 16.1. The van der Waals surface area contributed by atoms with Gasteiger partial charge in [0.1, 0.15) is 5.60 Å². The average Bonchev–Trinajstić information content (AvgIpc) is 3.29. The lowest BCUT2D eigenvalue weighted by molar-refractivity contribution is -0.146. The van der Waals surface area contributed by atoms with Crippen molar-refractivity contribution in [3.05, 3.63) is 22.4 Å². The number of hydrogen-bond acceptors (Lipinski definition) is 5. The summed E-state index contributed by atoms with van der Waals surface area (Å²) in [6.07, 6.45) is 3.98. The van der Waals surface area contributed by atoms with Gasteiger partial charge < -0.3 is 15.4 Å². The predicted octanol–water partition coefficient (Wildman–Crippen LogP) is 2.61. The minimum absolute atomic E-state index is 0. The topological polar surface area (TPSA) is 53.6 Å². The zero-order valence-corrected chi connectivity index (χ0v) is 17.1. The monoisotopic (exact) mass is 409 g/mol. The Morgan fingerprint density at radius 1 is 1.36 bits per heavy atom. The second-order valence-electron chi connectivity index (χ2n) is 6.43. The highest BCUT2D eigenvalue weighted by Gasteiger charge is 2.40. The summed E-state index contributed by atoms with van der Waals surface area (Å²) < 4.78 is 5.63. The molecule has 144 valence electrons. The maximum Gasteiger partial charge on any atom is 0.252 e. The number of piperidine rings is 1. The van der Waals surface area contributed by atoms with Crippen LogP contribution in [0.3, 0.4) is 0 Å². The third-order valence-corrected chi connectivity index (χ3v) is 6.10. The van der Waals surface area contributed by atoms with E-state index in [0.717, 1.165) is 39.0 Å². The van der Waals surface area contributed by atoms with E-state index in [4.69, 9.17) is 4.74 Å². The molecule has 1 amide bonds. The largest absolute Gasteiger partial charge is 0.368 e. The summed E-state index contributed by atoms with van der Waals surface area (Å²) in [5.41, 5.74) is -0.656. The van der Waals surface area contributed by atoms with E-state index < -0.39 is 5.60 Å². The molecule has 3 heterocycles. The lowest BCUT2D eigenvalue weighted by atomic mass is 9.91. The summed E-state index contributed by atoms with van der Waals surface area (Å²) in [7, 11) is 1.65. The van der Waals surface area contributed by atoms with E-state index >= 15 is 0 Å². The Morgan fingerprint density at radius 3 is 2.60 bits per heavy atom. The Labute approximate surface area is 166 Å². The highest BCUT2D eigenvalue weighted by molar-refractivity contribution is 7.10. The van der Waals surface area contributed by atoms with E-state index in [2.05, 4.69) is 33.0 Å². The molecule has 8 heteroatoms. The van der Waals surface area contributed by atoms with E-state index in [0.29, 0.717) is 6.54 Å². The maximum atomic E-state index is 12.8. The molecule has 0 saturated carbocycles. The quantitative estimate of drug-likeness (QED) is 0.757. The molecule has 0 spiro atoms. The van der Waals surface area contributed by atoms with Crippen LogP contribution in [0.5, 0.6) is 0 Å². The molecule has 1 atom stereocenters. The average molecular weight is 410 g/mol. The van der Waals surface area contributed by atoms with Gasteiger partial charge in [0.05, 0.1) is 6.04 Å². The number of nitrogens with zero attached hydrogens (tertiary/aromatic N) is 1. The highest BCUT2D eigenvalue weighted by atomic mass is 35.5. The van der Waals surface area contributed by atoms with Gasteiger partial charge in [0.15, 0.2) is 0 Å². The summed E-state index contributed by atoms with van der Waals surface area (Å²) in [5, 5.41) is 8.59. The standard InChI is InChI=1S/C17H27N3O2S.2ClH/c1-22-17(6-8-18-9-7-17)16(21)19-13-14(15-5-4-12-23-15)20-10-2-3-11-20;;/h4-5,12,14,18H,2-3,6-11,13H2,1H3,(H,19,21);2*1H. The van der Waals surface area contributed by atoms with E-state index in [1.165, 1.54) is 17.7 Å². The summed E-state index contributed by atoms with van der Waals surface area (Å²) >= 11 is 1.78. The van der Waals surface area contributed by atoms with Crippen LogP contribution in [0.25, 0.3) is 0 Å². The van der Waals surface area contributed by atoms with Crippen molar-refractivity contribution in [3.8, 4) is 0 Å². The van der Waals surface area contributed by atoms with Crippen molar-refractivity contribution in [1.29, 1.82) is 0 Å². The van der Waals surface area contributed by atoms with Crippen molar-refractivity contribution in [2.24, 2.45) is 0 Å². The fourth-order valence-corrected chi connectivity index (χ4v) is 4.51. The van der Waals surface area contributed by atoms with Crippen molar-refractivity contribution in [2.75, 3.05) is 39.8 Å². The molecule has 3 rings (SSSR count). The number of carbonyl (C=O) groups excluding carboxylic acids is 1. The van der Waals surface area contributed by atoms with Gasteiger partial charge in [0.25, 0.3) is 5.91 Å².